The highest BCUT2D eigenvalue weighted by molar-refractivity contribution is 7.91. The SMILES string of the molecule is CC[C@H](O)C#Cc1cc(C(C)(C)O)ccc1N1CCN(S(=O)(=O)c2cccs2)CC1. The molecule has 0 amide bonds. The maximum atomic E-state index is 12.8. The predicted octanol–water partition coefficient (Wildman–Crippen LogP) is 2.61. The third-order valence-corrected chi connectivity index (χ3v) is 8.40. The molecule has 1 aromatic carbocycles. The van der Waals surface area contributed by atoms with Gasteiger partial charge in [-0.15, -0.1) is 11.3 Å². The van der Waals surface area contributed by atoms with Crippen LogP contribution in [0.3, 0.4) is 0 Å². The Hall–Kier alpha value is -1.89. The Morgan fingerprint density at radius 1 is 1.20 bits per heavy atom. The minimum atomic E-state index is -3.45. The highest BCUT2D eigenvalue weighted by Gasteiger charge is 2.30. The molecular formula is C22H28N2O4S2. The van der Waals surface area contributed by atoms with E-state index in [4.69, 9.17) is 0 Å². The van der Waals surface area contributed by atoms with Gasteiger partial charge in [0.1, 0.15) is 10.3 Å². The molecule has 30 heavy (non-hydrogen) atoms. The third kappa shape index (κ3) is 5.05. The summed E-state index contributed by atoms with van der Waals surface area (Å²) in [5, 5.41) is 22.0. The number of thiophene rings is 1. The first-order valence-electron chi connectivity index (χ1n) is 9.98. The fourth-order valence-electron chi connectivity index (χ4n) is 3.26. The fraction of sp³-hybridized carbons (Fsp3) is 0.455. The Kier molecular flexibility index (Phi) is 6.90. The second kappa shape index (κ2) is 9.08. The molecule has 0 unspecified atom stereocenters. The Balaban J connectivity index is 1.84. The van der Waals surface area contributed by atoms with Gasteiger partial charge in [-0.2, -0.15) is 4.31 Å². The van der Waals surface area contributed by atoms with Gasteiger partial charge in [0, 0.05) is 31.7 Å². The van der Waals surface area contributed by atoms with Crippen LogP contribution < -0.4 is 4.90 Å². The van der Waals surface area contributed by atoms with Gasteiger partial charge in [0.2, 0.25) is 0 Å². The average molecular weight is 449 g/mol. The van der Waals surface area contributed by atoms with Crippen LogP contribution in [0.1, 0.15) is 38.3 Å². The number of piperazine rings is 1. The van der Waals surface area contributed by atoms with Crippen LogP contribution in [0.2, 0.25) is 0 Å². The topological polar surface area (TPSA) is 81.1 Å². The number of aliphatic hydroxyl groups is 2. The molecule has 6 nitrogen and oxygen atoms in total. The number of nitrogens with zero attached hydrogens (tertiary/aromatic N) is 2. The summed E-state index contributed by atoms with van der Waals surface area (Å²) in [6.45, 7) is 7.15. The minimum absolute atomic E-state index is 0.366. The zero-order chi connectivity index (χ0) is 21.9. The van der Waals surface area contributed by atoms with Crippen molar-refractivity contribution in [2.75, 3.05) is 31.1 Å². The molecule has 1 aliphatic rings. The van der Waals surface area contributed by atoms with Crippen LogP contribution >= 0.6 is 11.3 Å². The summed E-state index contributed by atoms with van der Waals surface area (Å²) in [7, 11) is -3.45. The van der Waals surface area contributed by atoms with Gasteiger partial charge < -0.3 is 15.1 Å². The van der Waals surface area contributed by atoms with E-state index in [2.05, 4.69) is 16.7 Å². The monoisotopic (exact) mass is 448 g/mol. The van der Waals surface area contributed by atoms with Crippen molar-refractivity contribution < 1.29 is 18.6 Å². The first kappa shape index (κ1) is 22.8. The molecule has 2 N–H and O–H groups in total. The third-order valence-electron chi connectivity index (χ3n) is 5.13. The molecule has 1 atom stereocenters. The lowest BCUT2D eigenvalue weighted by molar-refractivity contribution is 0.0786. The molecule has 0 bridgehead atoms. The van der Waals surface area contributed by atoms with Crippen molar-refractivity contribution in [3.8, 4) is 11.8 Å². The minimum Gasteiger partial charge on any atom is -0.386 e. The standard InChI is InChI=1S/C22H28N2O4S2/c1-4-19(25)9-7-17-16-18(22(2,3)26)8-10-20(17)23-11-13-24(14-12-23)30(27,28)21-6-5-15-29-21/h5-6,8,10,15-16,19,25-26H,4,11-14H2,1-3H3/t19-/m0/s1. The van der Waals surface area contributed by atoms with Gasteiger partial charge in [-0.05, 0) is 49.4 Å². The van der Waals surface area contributed by atoms with Crippen LogP contribution in [-0.4, -0.2) is 55.2 Å². The Morgan fingerprint density at radius 2 is 1.90 bits per heavy atom. The van der Waals surface area contributed by atoms with Crippen LogP contribution in [0, 0.1) is 11.8 Å². The van der Waals surface area contributed by atoms with Crippen molar-refractivity contribution in [1.29, 1.82) is 0 Å². The summed E-state index contributed by atoms with van der Waals surface area (Å²) in [5.41, 5.74) is 1.33. The fourth-order valence-corrected chi connectivity index (χ4v) is 5.83. The second-order valence-electron chi connectivity index (χ2n) is 7.81. The number of hydrogen-bond donors (Lipinski definition) is 2. The van der Waals surface area contributed by atoms with Crippen LogP contribution in [0.5, 0.6) is 0 Å². The van der Waals surface area contributed by atoms with Crippen molar-refractivity contribution in [3.05, 3.63) is 46.8 Å². The molecule has 1 aliphatic heterocycles. The molecular weight excluding hydrogens is 420 g/mol. The van der Waals surface area contributed by atoms with Crippen molar-refractivity contribution in [2.24, 2.45) is 0 Å². The Labute approximate surface area is 182 Å². The van der Waals surface area contributed by atoms with E-state index in [-0.39, 0.29) is 0 Å². The molecule has 1 saturated heterocycles. The summed E-state index contributed by atoms with van der Waals surface area (Å²) < 4.78 is 27.4. The zero-order valence-corrected chi connectivity index (χ0v) is 19.1. The number of aliphatic hydroxyl groups excluding tert-OH is 1. The summed E-state index contributed by atoms with van der Waals surface area (Å²) in [4.78, 5) is 2.11. The zero-order valence-electron chi connectivity index (χ0n) is 17.5. The van der Waals surface area contributed by atoms with E-state index < -0.39 is 21.7 Å². The summed E-state index contributed by atoms with van der Waals surface area (Å²) in [5.74, 6) is 5.91. The Morgan fingerprint density at radius 3 is 2.47 bits per heavy atom. The van der Waals surface area contributed by atoms with Crippen molar-refractivity contribution >= 4 is 27.0 Å². The maximum absolute atomic E-state index is 12.8. The number of hydrogen-bond acceptors (Lipinski definition) is 6. The normalized spacial score (nSPS) is 16.8. The molecule has 3 rings (SSSR count). The van der Waals surface area contributed by atoms with E-state index in [1.54, 1.807) is 31.4 Å². The molecule has 162 valence electrons. The molecule has 0 saturated carbocycles. The van der Waals surface area contributed by atoms with E-state index in [1.807, 2.05) is 25.1 Å². The molecule has 8 heteroatoms. The van der Waals surface area contributed by atoms with E-state index in [0.29, 0.717) is 36.8 Å². The van der Waals surface area contributed by atoms with Crippen LogP contribution in [0.25, 0.3) is 0 Å². The molecule has 0 radical (unpaired) electrons. The number of rotatable bonds is 5. The highest BCUT2D eigenvalue weighted by Crippen LogP contribution is 2.29. The van der Waals surface area contributed by atoms with Crippen molar-refractivity contribution in [2.45, 2.75) is 43.1 Å². The number of anilines is 1. The maximum Gasteiger partial charge on any atom is 0.252 e. The molecule has 2 heterocycles. The number of sulfonamides is 1. The quantitative estimate of drug-likeness (QED) is 0.688. The summed E-state index contributed by atoms with van der Waals surface area (Å²) in [6.07, 6.45) is -0.177. The Bertz CT molecular complexity index is 1020. The van der Waals surface area contributed by atoms with Gasteiger partial charge in [-0.3, -0.25) is 0 Å². The van der Waals surface area contributed by atoms with Gasteiger partial charge in [-0.1, -0.05) is 30.9 Å². The molecule has 1 fully saturated rings. The lowest BCUT2D eigenvalue weighted by Crippen LogP contribution is -2.48. The second-order valence-corrected chi connectivity index (χ2v) is 10.9. The highest BCUT2D eigenvalue weighted by atomic mass is 32.2. The first-order chi connectivity index (χ1) is 14.1. The van der Waals surface area contributed by atoms with Crippen molar-refractivity contribution in [1.82, 2.24) is 4.31 Å². The van der Waals surface area contributed by atoms with E-state index in [1.165, 1.54) is 15.6 Å². The predicted molar refractivity (Wildman–Crippen MR) is 120 cm³/mol. The lowest BCUT2D eigenvalue weighted by atomic mass is 9.95. The van der Waals surface area contributed by atoms with Crippen LogP contribution in [0.15, 0.2) is 39.9 Å². The van der Waals surface area contributed by atoms with E-state index >= 15 is 0 Å². The smallest absolute Gasteiger partial charge is 0.252 e. The number of benzene rings is 1. The molecule has 1 aromatic heterocycles. The molecule has 0 spiro atoms. The van der Waals surface area contributed by atoms with Gasteiger partial charge in [-0.25, -0.2) is 8.42 Å². The van der Waals surface area contributed by atoms with Crippen molar-refractivity contribution in [3.63, 3.8) is 0 Å². The largest absolute Gasteiger partial charge is 0.386 e. The lowest BCUT2D eigenvalue weighted by Gasteiger charge is -2.36. The van der Waals surface area contributed by atoms with Crippen LogP contribution in [0.4, 0.5) is 5.69 Å². The molecule has 2 aromatic rings. The van der Waals surface area contributed by atoms with E-state index in [9.17, 15) is 18.6 Å². The summed E-state index contributed by atoms with van der Waals surface area (Å²) in [6, 6.07) is 9.01. The van der Waals surface area contributed by atoms with E-state index in [0.717, 1.165) is 16.8 Å². The van der Waals surface area contributed by atoms with Gasteiger partial charge in [0.15, 0.2) is 0 Å². The molecule has 0 aliphatic carbocycles. The average Bonchev–Trinajstić information content (AvgIpc) is 3.27. The summed E-state index contributed by atoms with van der Waals surface area (Å²) >= 11 is 1.23. The van der Waals surface area contributed by atoms with Gasteiger partial charge >= 0.3 is 0 Å². The van der Waals surface area contributed by atoms with Crippen LogP contribution in [-0.2, 0) is 15.6 Å². The van der Waals surface area contributed by atoms with Gasteiger partial charge in [0.25, 0.3) is 10.0 Å². The first-order valence-corrected chi connectivity index (χ1v) is 12.3. The van der Waals surface area contributed by atoms with Gasteiger partial charge in [0.05, 0.1) is 11.3 Å².